The molecule has 1 aromatic carbocycles. The van der Waals surface area contributed by atoms with Gasteiger partial charge in [0, 0.05) is 11.6 Å². The second-order valence-electron chi connectivity index (χ2n) is 2.70. The summed E-state index contributed by atoms with van der Waals surface area (Å²) >= 11 is 0. The van der Waals surface area contributed by atoms with Gasteiger partial charge in [-0.3, -0.25) is 4.79 Å². The fourth-order valence-electron chi connectivity index (χ4n) is 1.09. The van der Waals surface area contributed by atoms with Gasteiger partial charge in [-0.05, 0) is 30.2 Å². The van der Waals surface area contributed by atoms with Crippen LogP contribution in [0.4, 0.5) is 0 Å². The van der Waals surface area contributed by atoms with Gasteiger partial charge in [0.1, 0.15) is 6.29 Å². The van der Waals surface area contributed by atoms with Crippen LogP contribution in [0.15, 0.2) is 24.3 Å². The van der Waals surface area contributed by atoms with Crippen LogP contribution in [-0.4, -0.2) is 6.29 Å². The fourth-order valence-corrected chi connectivity index (χ4v) is 1.09. The number of aryl methyl sites for hydroxylation is 1. The largest absolute Gasteiger partial charge is 0.298 e. The molecule has 0 atom stereocenters. The zero-order valence-electron chi connectivity index (χ0n) is 7.32. The molecule has 0 N–H and O–H groups in total. The Morgan fingerprint density at radius 2 is 2.23 bits per heavy atom. The van der Waals surface area contributed by atoms with Crippen molar-refractivity contribution in [3.63, 3.8) is 0 Å². The molecule has 0 bridgehead atoms. The van der Waals surface area contributed by atoms with E-state index in [1.807, 2.05) is 19.1 Å². The lowest BCUT2D eigenvalue weighted by molar-refractivity contribution is 0.112. The number of aldehydes is 1. The Bertz CT molecular complexity index is 386. The molecule has 64 valence electrons. The first kappa shape index (κ1) is 9.21. The third kappa shape index (κ3) is 2.28. The highest BCUT2D eigenvalue weighted by Crippen LogP contribution is 2.11. The molecule has 0 saturated heterocycles. The summed E-state index contributed by atoms with van der Waals surface area (Å²) in [5.41, 5.74) is 2.62. The Labute approximate surface area is 77.1 Å². The van der Waals surface area contributed by atoms with E-state index in [9.17, 15) is 4.79 Å². The van der Waals surface area contributed by atoms with Gasteiger partial charge in [-0.15, -0.1) is 0 Å². The van der Waals surface area contributed by atoms with Crippen molar-refractivity contribution in [3.8, 4) is 6.07 Å². The number of hydrogen-bond acceptors (Lipinski definition) is 2. The van der Waals surface area contributed by atoms with E-state index in [0.717, 1.165) is 17.4 Å². The van der Waals surface area contributed by atoms with Crippen molar-refractivity contribution >= 4 is 12.4 Å². The van der Waals surface area contributed by atoms with E-state index in [-0.39, 0.29) is 0 Å². The highest BCUT2D eigenvalue weighted by Gasteiger charge is 1.95. The average Bonchev–Trinajstić information content (AvgIpc) is 2.16. The van der Waals surface area contributed by atoms with Crippen LogP contribution >= 0.6 is 0 Å². The van der Waals surface area contributed by atoms with Gasteiger partial charge in [0.15, 0.2) is 0 Å². The minimum Gasteiger partial charge on any atom is -0.298 e. The average molecular weight is 171 g/mol. The molecule has 13 heavy (non-hydrogen) atoms. The lowest BCUT2D eigenvalue weighted by atomic mass is 10.1. The van der Waals surface area contributed by atoms with Gasteiger partial charge >= 0.3 is 0 Å². The molecular weight excluding hydrogens is 162 g/mol. The number of benzene rings is 1. The third-order valence-corrected chi connectivity index (χ3v) is 1.77. The van der Waals surface area contributed by atoms with Gasteiger partial charge in [-0.25, -0.2) is 0 Å². The number of hydrogen-bond donors (Lipinski definition) is 0. The highest BCUT2D eigenvalue weighted by atomic mass is 16.1. The summed E-state index contributed by atoms with van der Waals surface area (Å²) in [6, 6.07) is 7.28. The summed E-state index contributed by atoms with van der Waals surface area (Å²) < 4.78 is 0. The highest BCUT2D eigenvalue weighted by molar-refractivity contribution is 5.76. The van der Waals surface area contributed by atoms with Gasteiger partial charge in [-0.2, -0.15) is 5.26 Å². The second-order valence-corrected chi connectivity index (χ2v) is 2.70. The summed E-state index contributed by atoms with van der Waals surface area (Å²) in [6.07, 6.45) is 3.96. The van der Waals surface area contributed by atoms with Gasteiger partial charge < -0.3 is 0 Å². The molecule has 0 aliphatic rings. The molecule has 1 aromatic rings. The molecule has 0 aliphatic heterocycles. The second kappa shape index (κ2) is 4.22. The van der Waals surface area contributed by atoms with Crippen LogP contribution in [-0.2, 0) is 0 Å². The van der Waals surface area contributed by atoms with Gasteiger partial charge in [0.2, 0.25) is 0 Å². The molecule has 2 nitrogen and oxygen atoms in total. The van der Waals surface area contributed by atoms with Gasteiger partial charge in [0.25, 0.3) is 0 Å². The summed E-state index contributed by atoms with van der Waals surface area (Å²) in [6.45, 7) is 1.91. The standard InChI is InChI=1S/C11H9NO/c1-9-7-10(8-13)4-5-11(9)3-2-6-12/h2-5,7-8H,1H3. The minimum absolute atomic E-state index is 0.659. The molecular formula is C11H9NO. The van der Waals surface area contributed by atoms with E-state index < -0.39 is 0 Å². The number of nitriles is 1. The van der Waals surface area contributed by atoms with Crippen molar-refractivity contribution in [1.82, 2.24) is 0 Å². The summed E-state index contributed by atoms with van der Waals surface area (Å²) in [5.74, 6) is 0. The Kier molecular flexibility index (Phi) is 2.99. The summed E-state index contributed by atoms with van der Waals surface area (Å²) in [5, 5.41) is 8.33. The Balaban J connectivity index is 3.06. The van der Waals surface area contributed by atoms with Crippen molar-refractivity contribution in [3.05, 3.63) is 41.0 Å². The van der Waals surface area contributed by atoms with Crippen LogP contribution in [0.2, 0.25) is 0 Å². The van der Waals surface area contributed by atoms with E-state index in [1.165, 1.54) is 6.08 Å². The van der Waals surface area contributed by atoms with E-state index in [0.29, 0.717) is 5.56 Å². The minimum atomic E-state index is 0.659. The molecule has 0 aliphatic carbocycles. The van der Waals surface area contributed by atoms with Crippen LogP contribution in [0, 0.1) is 18.3 Å². The molecule has 0 fully saturated rings. The number of carbonyl (C=O) groups excluding carboxylic acids is 1. The number of carbonyl (C=O) groups is 1. The van der Waals surface area contributed by atoms with E-state index in [2.05, 4.69) is 0 Å². The molecule has 1 rings (SSSR count). The number of rotatable bonds is 2. The van der Waals surface area contributed by atoms with E-state index >= 15 is 0 Å². The first-order valence-electron chi connectivity index (χ1n) is 3.90. The SMILES string of the molecule is Cc1cc(C=O)ccc1C=CC#N. The predicted molar refractivity (Wildman–Crippen MR) is 51.2 cm³/mol. The van der Waals surface area contributed by atoms with Crippen molar-refractivity contribution in [1.29, 1.82) is 5.26 Å². The molecule has 0 radical (unpaired) electrons. The zero-order valence-corrected chi connectivity index (χ0v) is 7.32. The first-order chi connectivity index (χ1) is 6.27. The van der Waals surface area contributed by atoms with E-state index in [1.54, 1.807) is 18.2 Å². The maximum absolute atomic E-state index is 10.4. The predicted octanol–water partition coefficient (Wildman–Crippen LogP) is 2.34. The first-order valence-corrected chi connectivity index (χ1v) is 3.90. The van der Waals surface area contributed by atoms with Crippen molar-refractivity contribution in [2.75, 3.05) is 0 Å². The molecule has 0 saturated carbocycles. The van der Waals surface area contributed by atoms with Crippen molar-refractivity contribution < 1.29 is 4.79 Å². The van der Waals surface area contributed by atoms with Gasteiger partial charge in [-0.1, -0.05) is 12.1 Å². The van der Waals surface area contributed by atoms with Crippen molar-refractivity contribution in [2.45, 2.75) is 6.92 Å². The quantitative estimate of drug-likeness (QED) is 0.506. The molecule has 0 unspecified atom stereocenters. The zero-order chi connectivity index (χ0) is 9.68. The van der Waals surface area contributed by atoms with Crippen LogP contribution in [0.3, 0.4) is 0 Å². The molecule has 0 aromatic heterocycles. The third-order valence-electron chi connectivity index (χ3n) is 1.77. The summed E-state index contributed by atoms with van der Waals surface area (Å²) in [7, 11) is 0. The van der Waals surface area contributed by atoms with Crippen LogP contribution in [0.25, 0.3) is 6.08 Å². The fraction of sp³-hybridized carbons (Fsp3) is 0.0909. The topological polar surface area (TPSA) is 40.9 Å². The normalized spacial score (nSPS) is 9.85. The number of allylic oxidation sites excluding steroid dienone is 1. The maximum atomic E-state index is 10.4. The van der Waals surface area contributed by atoms with Crippen LogP contribution < -0.4 is 0 Å². The molecule has 0 heterocycles. The van der Waals surface area contributed by atoms with Crippen molar-refractivity contribution in [2.24, 2.45) is 0 Å². The maximum Gasteiger partial charge on any atom is 0.150 e. The lowest BCUT2D eigenvalue weighted by Gasteiger charge is -1.99. The summed E-state index contributed by atoms with van der Waals surface area (Å²) in [4.78, 5) is 10.4. The van der Waals surface area contributed by atoms with E-state index in [4.69, 9.17) is 5.26 Å². The Hall–Kier alpha value is -1.88. The monoisotopic (exact) mass is 171 g/mol. The molecule has 0 spiro atoms. The van der Waals surface area contributed by atoms with Crippen LogP contribution in [0.1, 0.15) is 21.5 Å². The number of nitrogens with zero attached hydrogens (tertiary/aromatic N) is 1. The lowest BCUT2D eigenvalue weighted by Crippen LogP contribution is -1.84. The Morgan fingerprint density at radius 1 is 1.46 bits per heavy atom. The van der Waals surface area contributed by atoms with Crippen LogP contribution in [0.5, 0.6) is 0 Å². The van der Waals surface area contributed by atoms with Gasteiger partial charge in [0.05, 0.1) is 6.07 Å². The molecule has 0 amide bonds. The molecule has 2 heteroatoms. The smallest absolute Gasteiger partial charge is 0.150 e. The Morgan fingerprint density at radius 3 is 2.77 bits per heavy atom.